The Labute approximate surface area is 202 Å². The molecule has 0 bridgehead atoms. The van der Waals surface area contributed by atoms with Gasteiger partial charge in [0.15, 0.2) is 17.1 Å². The summed E-state index contributed by atoms with van der Waals surface area (Å²) in [6, 6.07) is -1.03. The van der Waals surface area contributed by atoms with Gasteiger partial charge in [0.2, 0.25) is 5.12 Å². The molecule has 1 N–H and O–H groups in total. The topological polar surface area (TPSA) is 80.7 Å². The van der Waals surface area contributed by atoms with Gasteiger partial charge in [0, 0.05) is 18.3 Å². The molecule has 34 heavy (non-hydrogen) atoms. The number of aliphatic hydroxyl groups is 1. The average molecular weight is 503 g/mol. The number of halogens is 3. The second-order valence-corrected chi connectivity index (χ2v) is 10.2. The third-order valence-corrected chi connectivity index (χ3v) is 7.85. The first-order valence-corrected chi connectivity index (χ1v) is 12.4. The monoisotopic (exact) mass is 502 g/mol. The molecule has 0 fully saturated rings. The molecule has 0 aromatic carbocycles. The number of aliphatic hydroxyl groups excluding tert-OH is 1. The molecule has 0 saturated carbocycles. The van der Waals surface area contributed by atoms with Crippen molar-refractivity contribution < 1.29 is 37.4 Å². The Balaban J connectivity index is 2.63. The summed E-state index contributed by atoms with van der Waals surface area (Å²) < 4.78 is 50.2. The lowest BCUT2D eigenvalue weighted by Gasteiger charge is -2.46. The Bertz CT molecular complexity index is 901. The van der Waals surface area contributed by atoms with Gasteiger partial charge >= 0.3 is 5.97 Å². The molecule has 0 aromatic rings. The summed E-state index contributed by atoms with van der Waals surface area (Å²) in [5, 5.41) is 10.5. The molecule has 0 aliphatic heterocycles. The quantitative estimate of drug-likeness (QED) is 0.407. The SMILES string of the molecule is CCC(=O)OC1(C(=O)SCF)C(C)CC=CC(F)(C2(C)C=CC(=O)C=C2C(C)F)C(O)CC1C. The fourth-order valence-electron chi connectivity index (χ4n) is 5.06. The molecule has 0 heterocycles. The van der Waals surface area contributed by atoms with Gasteiger partial charge in [-0.2, -0.15) is 0 Å². The lowest BCUT2D eigenvalue weighted by atomic mass is 9.62. The average Bonchev–Trinajstić information content (AvgIpc) is 2.80. The van der Waals surface area contributed by atoms with Crippen LogP contribution in [0.15, 0.2) is 36.0 Å². The molecule has 2 aliphatic carbocycles. The van der Waals surface area contributed by atoms with E-state index in [2.05, 4.69) is 0 Å². The molecule has 7 atom stereocenters. The van der Waals surface area contributed by atoms with Crippen LogP contribution in [0.2, 0.25) is 0 Å². The number of carbonyl (C=O) groups is 3. The Hall–Kier alpha value is -1.87. The van der Waals surface area contributed by atoms with Crippen molar-refractivity contribution in [3.05, 3.63) is 36.0 Å². The van der Waals surface area contributed by atoms with Crippen molar-refractivity contribution in [1.82, 2.24) is 0 Å². The van der Waals surface area contributed by atoms with E-state index in [1.165, 1.54) is 26.0 Å². The fourth-order valence-corrected chi connectivity index (χ4v) is 5.83. The van der Waals surface area contributed by atoms with Gasteiger partial charge in [-0.25, -0.2) is 13.2 Å². The predicted octanol–water partition coefficient (Wildman–Crippen LogP) is 4.99. The van der Waals surface area contributed by atoms with Gasteiger partial charge in [0.05, 0.1) is 11.5 Å². The predicted molar refractivity (Wildman–Crippen MR) is 125 cm³/mol. The van der Waals surface area contributed by atoms with Crippen molar-refractivity contribution in [3.63, 3.8) is 0 Å². The number of hydrogen-bond donors (Lipinski definition) is 1. The van der Waals surface area contributed by atoms with E-state index >= 15 is 4.39 Å². The van der Waals surface area contributed by atoms with Crippen LogP contribution in [0.4, 0.5) is 13.2 Å². The summed E-state index contributed by atoms with van der Waals surface area (Å²) in [4.78, 5) is 37.3. The maximum absolute atomic E-state index is 16.9. The summed E-state index contributed by atoms with van der Waals surface area (Å²) in [6.07, 6.45) is 2.27. The lowest BCUT2D eigenvalue weighted by molar-refractivity contribution is -0.179. The number of alkyl halides is 3. The van der Waals surface area contributed by atoms with Crippen LogP contribution in [0.1, 0.15) is 53.9 Å². The fraction of sp³-hybridized carbons (Fsp3) is 0.640. The minimum absolute atomic E-state index is 0.0281. The summed E-state index contributed by atoms with van der Waals surface area (Å²) >= 11 is 0.363. The molecule has 190 valence electrons. The molecule has 9 heteroatoms. The minimum atomic E-state index is -2.55. The Morgan fingerprint density at radius 3 is 2.50 bits per heavy atom. The zero-order chi connectivity index (χ0) is 25.9. The highest BCUT2D eigenvalue weighted by atomic mass is 32.2. The van der Waals surface area contributed by atoms with Crippen LogP contribution in [0.3, 0.4) is 0 Å². The second-order valence-electron chi connectivity index (χ2n) is 9.28. The highest BCUT2D eigenvalue weighted by Gasteiger charge is 2.58. The van der Waals surface area contributed by atoms with Crippen LogP contribution in [-0.4, -0.2) is 51.5 Å². The van der Waals surface area contributed by atoms with Crippen LogP contribution in [0.25, 0.3) is 0 Å². The largest absolute Gasteiger partial charge is 0.449 e. The number of hydrogen-bond acceptors (Lipinski definition) is 6. The van der Waals surface area contributed by atoms with Crippen LogP contribution in [0, 0.1) is 17.3 Å². The molecular formula is C25H33F3O5S. The van der Waals surface area contributed by atoms with Gasteiger partial charge < -0.3 is 9.84 Å². The molecule has 0 radical (unpaired) electrons. The first-order valence-electron chi connectivity index (χ1n) is 11.4. The van der Waals surface area contributed by atoms with E-state index in [9.17, 15) is 28.3 Å². The Kier molecular flexibility index (Phi) is 9.02. The number of allylic oxidation sites excluding steroid dienone is 5. The number of rotatable bonds is 6. The van der Waals surface area contributed by atoms with E-state index in [1.54, 1.807) is 20.8 Å². The van der Waals surface area contributed by atoms with Gasteiger partial charge in [-0.15, -0.1) is 0 Å². The maximum Gasteiger partial charge on any atom is 0.306 e. The minimum Gasteiger partial charge on any atom is -0.449 e. The van der Waals surface area contributed by atoms with Crippen LogP contribution in [-0.2, 0) is 19.1 Å². The van der Waals surface area contributed by atoms with Gasteiger partial charge in [-0.05, 0) is 62.3 Å². The van der Waals surface area contributed by atoms with E-state index in [1.807, 2.05) is 0 Å². The number of thioether (sulfide) groups is 1. The van der Waals surface area contributed by atoms with Gasteiger partial charge in [-0.3, -0.25) is 14.4 Å². The normalized spacial score (nSPS) is 37.3. The van der Waals surface area contributed by atoms with Gasteiger partial charge in [0.25, 0.3) is 0 Å². The molecular weight excluding hydrogens is 469 g/mol. The molecule has 2 aliphatic rings. The van der Waals surface area contributed by atoms with E-state index in [0.29, 0.717) is 11.8 Å². The smallest absolute Gasteiger partial charge is 0.306 e. The Morgan fingerprint density at radius 2 is 1.94 bits per heavy atom. The van der Waals surface area contributed by atoms with Crippen LogP contribution < -0.4 is 0 Å². The zero-order valence-corrected chi connectivity index (χ0v) is 21.0. The Morgan fingerprint density at radius 1 is 1.29 bits per heavy atom. The zero-order valence-electron chi connectivity index (χ0n) is 20.1. The van der Waals surface area contributed by atoms with Crippen molar-refractivity contribution >= 4 is 28.6 Å². The molecule has 2 rings (SSSR count). The summed E-state index contributed by atoms with van der Waals surface area (Å²) in [5.74, 6) is -2.72. The molecule has 0 saturated heterocycles. The van der Waals surface area contributed by atoms with Crippen molar-refractivity contribution in [2.24, 2.45) is 17.3 Å². The van der Waals surface area contributed by atoms with Crippen LogP contribution in [0.5, 0.6) is 0 Å². The van der Waals surface area contributed by atoms with Crippen molar-refractivity contribution in [1.29, 1.82) is 0 Å². The summed E-state index contributed by atoms with van der Waals surface area (Å²) in [7, 11) is 0. The van der Waals surface area contributed by atoms with Crippen LogP contribution >= 0.6 is 11.8 Å². The van der Waals surface area contributed by atoms with E-state index in [-0.39, 0.29) is 24.8 Å². The van der Waals surface area contributed by atoms with Crippen molar-refractivity contribution in [2.75, 3.05) is 6.01 Å². The number of carbonyl (C=O) groups excluding carboxylic acids is 3. The van der Waals surface area contributed by atoms with E-state index in [4.69, 9.17) is 4.74 Å². The molecule has 0 aromatic heterocycles. The molecule has 5 nitrogen and oxygen atoms in total. The molecule has 0 spiro atoms. The van der Waals surface area contributed by atoms with E-state index in [0.717, 1.165) is 18.2 Å². The first kappa shape index (κ1) is 28.4. The molecule has 0 amide bonds. The van der Waals surface area contributed by atoms with Gasteiger partial charge in [0.1, 0.15) is 12.2 Å². The third-order valence-electron chi connectivity index (χ3n) is 7.15. The highest BCUT2D eigenvalue weighted by molar-refractivity contribution is 8.13. The maximum atomic E-state index is 16.9. The lowest BCUT2D eigenvalue weighted by Crippen LogP contribution is -2.56. The third kappa shape index (κ3) is 4.91. The van der Waals surface area contributed by atoms with Crippen molar-refractivity contribution in [2.45, 2.75) is 77.4 Å². The number of ether oxygens (including phenoxy) is 1. The van der Waals surface area contributed by atoms with Gasteiger partial charge in [-0.1, -0.05) is 32.9 Å². The highest BCUT2D eigenvalue weighted by Crippen LogP contribution is 2.52. The number of ketones is 1. The second kappa shape index (κ2) is 10.8. The first-order chi connectivity index (χ1) is 15.8. The van der Waals surface area contributed by atoms with E-state index < -0.39 is 63.7 Å². The molecule has 7 unspecified atom stereocenters. The van der Waals surface area contributed by atoms with Crippen molar-refractivity contribution in [3.8, 4) is 0 Å². The number of esters is 1. The standard InChI is InChI=1S/C25H33F3O5S/c1-6-21(31)33-25(22(32)34-14-26)15(2)8-7-10-24(28,20(30)12-16(25)3)23(5)11-9-18(29)13-19(23)17(4)27/h7,9-11,13,15-17,20,30H,6,8,12,14H2,1-5H3. The summed E-state index contributed by atoms with van der Waals surface area (Å²) in [6.45, 7) is 7.35. The summed E-state index contributed by atoms with van der Waals surface area (Å²) in [5.41, 5.74) is -6.16.